The molecule has 0 bridgehead atoms. The smallest absolute Gasteiger partial charge is 0.245 e. The first-order valence-corrected chi connectivity index (χ1v) is 9.73. The van der Waals surface area contributed by atoms with Crippen molar-refractivity contribution in [3.8, 4) is 0 Å². The van der Waals surface area contributed by atoms with Gasteiger partial charge in [0.2, 0.25) is 11.8 Å². The Labute approximate surface area is 154 Å². The summed E-state index contributed by atoms with van der Waals surface area (Å²) < 4.78 is 6.18. The maximum Gasteiger partial charge on any atom is 0.245 e. The summed E-state index contributed by atoms with van der Waals surface area (Å²) in [7, 11) is 0. The summed E-state index contributed by atoms with van der Waals surface area (Å²) in [4.78, 5) is 31.8. The molecule has 26 heavy (non-hydrogen) atoms. The molecule has 140 valence electrons. The molecule has 0 radical (unpaired) electrons. The van der Waals surface area contributed by atoms with Crippen LogP contribution in [-0.4, -0.2) is 40.1 Å². The van der Waals surface area contributed by atoms with Gasteiger partial charge in [0.1, 0.15) is 11.8 Å². The molecule has 2 amide bonds. The van der Waals surface area contributed by atoms with Gasteiger partial charge in [-0.15, -0.1) is 0 Å². The van der Waals surface area contributed by atoms with Gasteiger partial charge >= 0.3 is 0 Å². The van der Waals surface area contributed by atoms with E-state index in [2.05, 4.69) is 17.2 Å². The van der Waals surface area contributed by atoms with Crippen LogP contribution < -0.4 is 5.32 Å². The molecule has 1 spiro atoms. The van der Waals surface area contributed by atoms with E-state index in [1.807, 2.05) is 17.0 Å². The lowest BCUT2D eigenvalue weighted by atomic mass is 9.83. The number of carbonyl (C=O) groups excluding carboxylic acids is 2. The van der Waals surface area contributed by atoms with E-state index in [-0.39, 0.29) is 17.7 Å². The number of amides is 2. The highest BCUT2D eigenvalue weighted by atomic mass is 16.5. The number of hydrogen-bond acceptors (Lipinski definition) is 4. The first kappa shape index (κ1) is 17.5. The molecule has 3 fully saturated rings. The number of aromatic nitrogens is 1. The van der Waals surface area contributed by atoms with Crippen molar-refractivity contribution in [3.63, 3.8) is 0 Å². The van der Waals surface area contributed by atoms with Gasteiger partial charge in [-0.2, -0.15) is 0 Å². The van der Waals surface area contributed by atoms with Gasteiger partial charge in [-0.3, -0.25) is 19.5 Å². The molecule has 1 aromatic heterocycles. The third-order valence-electron chi connectivity index (χ3n) is 5.85. The van der Waals surface area contributed by atoms with E-state index < -0.39 is 11.8 Å². The van der Waals surface area contributed by atoms with Crippen LogP contribution in [0.1, 0.15) is 51.0 Å². The highest BCUT2D eigenvalue weighted by Crippen LogP contribution is 2.45. The van der Waals surface area contributed by atoms with E-state index in [1.54, 1.807) is 12.4 Å². The molecule has 1 aromatic rings. The second-order valence-corrected chi connectivity index (χ2v) is 8.04. The second kappa shape index (κ2) is 6.99. The minimum Gasteiger partial charge on any atom is -0.353 e. The van der Waals surface area contributed by atoms with E-state index in [0.29, 0.717) is 19.1 Å². The number of nitrogens with zero attached hydrogens (tertiary/aromatic N) is 2. The van der Waals surface area contributed by atoms with Crippen molar-refractivity contribution in [3.05, 3.63) is 30.1 Å². The lowest BCUT2D eigenvalue weighted by molar-refractivity contribution is -0.164. The lowest BCUT2D eigenvalue weighted by Gasteiger charge is -2.43. The Hall–Kier alpha value is -1.95. The molecule has 4 rings (SSSR count). The zero-order chi connectivity index (χ0) is 18.1. The third kappa shape index (κ3) is 3.34. The van der Waals surface area contributed by atoms with E-state index in [0.717, 1.165) is 44.1 Å². The van der Waals surface area contributed by atoms with Crippen molar-refractivity contribution in [2.45, 2.75) is 63.8 Å². The quantitative estimate of drug-likeness (QED) is 0.897. The first-order valence-electron chi connectivity index (χ1n) is 9.73. The molecule has 1 N–H and O–H groups in total. The van der Waals surface area contributed by atoms with Gasteiger partial charge in [-0.25, -0.2) is 0 Å². The normalized spacial score (nSPS) is 31.2. The first-order chi connectivity index (χ1) is 12.6. The van der Waals surface area contributed by atoms with Crippen LogP contribution in [0, 0.1) is 11.8 Å². The van der Waals surface area contributed by atoms with E-state index in [1.165, 1.54) is 0 Å². The molecule has 1 aliphatic heterocycles. The number of hydrogen-bond donors (Lipinski definition) is 1. The molecule has 0 aromatic carbocycles. The summed E-state index contributed by atoms with van der Waals surface area (Å²) in [6.07, 6.45) is 9.19. The minimum absolute atomic E-state index is 0.0828. The van der Waals surface area contributed by atoms with Gasteiger partial charge in [0.15, 0.2) is 0 Å². The maximum atomic E-state index is 13.0. The Bertz CT molecular complexity index is 676. The SMILES string of the molecule is CC1CCCC2(C1)OCC(C(=O)NCc1cccnc1)N2C(=O)C1CC1. The number of rotatable bonds is 4. The molecular formula is C20H27N3O3. The zero-order valence-electron chi connectivity index (χ0n) is 15.3. The van der Waals surface area contributed by atoms with Crippen molar-refractivity contribution in [2.75, 3.05) is 6.61 Å². The summed E-state index contributed by atoms with van der Waals surface area (Å²) in [5.74, 6) is 0.575. The zero-order valence-corrected chi connectivity index (χ0v) is 15.3. The molecule has 2 heterocycles. The average molecular weight is 357 g/mol. The average Bonchev–Trinajstić information content (AvgIpc) is 3.43. The van der Waals surface area contributed by atoms with Crippen molar-refractivity contribution in [1.82, 2.24) is 15.2 Å². The lowest BCUT2D eigenvalue weighted by Crippen LogP contribution is -2.57. The Kier molecular flexibility index (Phi) is 4.69. The van der Waals surface area contributed by atoms with Crippen LogP contribution in [0.15, 0.2) is 24.5 Å². The highest BCUT2D eigenvalue weighted by molar-refractivity contribution is 5.90. The predicted molar refractivity (Wildman–Crippen MR) is 95.8 cm³/mol. The Morgan fingerprint density at radius 2 is 2.23 bits per heavy atom. The van der Waals surface area contributed by atoms with Gasteiger partial charge in [-0.1, -0.05) is 19.4 Å². The molecule has 2 aliphatic carbocycles. The molecular weight excluding hydrogens is 330 g/mol. The van der Waals surface area contributed by atoms with Crippen LogP contribution in [0.2, 0.25) is 0 Å². The second-order valence-electron chi connectivity index (χ2n) is 8.04. The summed E-state index contributed by atoms with van der Waals surface area (Å²) in [5, 5.41) is 2.97. The third-order valence-corrected chi connectivity index (χ3v) is 5.85. The molecule has 2 saturated carbocycles. The van der Waals surface area contributed by atoms with E-state index in [4.69, 9.17) is 4.74 Å². The molecule has 6 heteroatoms. The van der Waals surface area contributed by atoms with Crippen LogP contribution in [0.3, 0.4) is 0 Å². The van der Waals surface area contributed by atoms with Crippen molar-refractivity contribution in [1.29, 1.82) is 0 Å². The molecule has 6 nitrogen and oxygen atoms in total. The van der Waals surface area contributed by atoms with E-state index in [9.17, 15) is 9.59 Å². The van der Waals surface area contributed by atoms with Crippen LogP contribution in [0.5, 0.6) is 0 Å². The monoisotopic (exact) mass is 357 g/mol. The number of carbonyl (C=O) groups is 2. The highest BCUT2D eigenvalue weighted by Gasteiger charge is 2.55. The standard InChI is InChI=1S/C20H27N3O3/c1-14-4-2-8-20(10-14)23(19(25)16-6-7-16)17(13-26-20)18(24)22-12-15-5-3-9-21-11-15/h3,5,9,11,14,16-17H,2,4,6-8,10,12-13H2,1H3,(H,22,24). The molecule has 1 saturated heterocycles. The minimum atomic E-state index is -0.576. The van der Waals surface area contributed by atoms with Gasteiger partial charge in [0, 0.05) is 24.9 Å². The number of ether oxygens (including phenoxy) is 1. The number of nitrogens with one attached hydrogen (secondary N) is 1. The Balaban J connectivity index is 1.50. The van der Waals surface area contributed by atoms with Crippen LogP contribution in [0.25, 0.3) is 0 Å². The maximum absolute atomic E-state index is 13.0. The summed E-state index contributed by atoms with van der Waals surface area (Å²) >= 11 is 0. The number of pyridine rings is 1. The van der Waals surface area contributed by atoms with Gasteiger partial charge < -0.3 is 10.1 Å². The predicted octanol–water partition coefficient (Wildman–Crippen LogP) is 2.24. The van der Waals surface area contributed by atoms with Gasteiger partial charge in [-0.05, 0) is 49.7 Å². The Morgan fingerprint density at radius 1 is 1.38 bits per heavy atom. The largest absolute Gasteiger partial charge is 0.353 e. The summed E-state index contributed by atoms with van der Waals surface area (Å²) in [6, 6.07) is 3.25. The van der Waals surface area contributed by atoms with E-state index >= 15 is 0 Å². The van der Waals surface area contributed by atoms with Crippen LogP contribution in [0.4, 0.5) is 0 Å². The molecule has 3 atom stereocenters. The van der Waals surface area contributed by atoms with Gasteiger partial charge in [0.25, 0.3) is 0 Å². The fourth-order valence-electron chi connectivity index (χ4n) is 4.37. The molecule has 3 aliphatic rings. The van der Waals surface area contributed by atoms with Crippen molar-refractivity contribution < 1.29 is 14.3 Å². The van der Waals surface area contributed by atoms with Gasteiger partial charge in [0.05, 0.1) is 6.61 Å². The van der Waals surface area contributed by atoms with Crippen LogP contribution in [-0.2, 0) is 20.9 Å². The fraction of sp³-hybridized carbons (Fsp3) is 0.650. The van der Waals surface area contributed by atoms with Crippen molar-refractivity contribution >= 4 is 11.8 Å². The topological polar surface area (TPSA) is 71.5 Å². The molecule has 3 unspecified atom stereocenters. The van der Waals surface area contributed by atoms with Crippen molar-refractivity contribution in [2.24, 2.45) is 11.8 Å². The van der Waals surface area contributed by atoms with Crippen LogP contribution >= 0.6 is 0 Å². The fourth-order valence-corrected chi connectivity index (χ4v) is 4.37. The summed E-state index contributed by atoms with van der Waals surface area (Å²) in [5.41, 5.74) is 0.369. The summed E-state index contributed by atoms with van der Waals surface area (Å²) in [6.45, 7) is 2.92. The Morgan fingerprint density at radius 3 is 2.92 bits per heavy atom.